The first-order valence-corrected chi connectivity index (χ1v) is 18.1. The van der Waals surface area contributed by atoms with Crippen molar-refractivity contribution in [2.75, 3.05) is 6.61 Å². The third kappa shape index (κ3) is 9.81. The van der Waals surface area contributed by atoms with Gasteiger partial charge in [-0.25, -0.2) is 14.4 Å². The zero-order chi connectivity index (χ0) is 32.3. The van der Waals surface area contributed by atoms with Crippen LogP contribution in [-0.2, 0) is 25.4 Å². The van der Waals surface area contributed by atoms with Gasteiger partial charge < -0.3 is 18.6 Å². The van der Waals surface area contributed by atoms with Crippen molar-refractivity contribution in [2.24, 2.45) is 5.92 Å². The summed E-state index contributed by atoms with van der Waals surface area (Å²) in [4.78, 5) is 39.2. The molecular formula is C36H46O7Si. The van der Waals surface area contributed by atoms with Crippen LogP contribution in [0.1, 0.15) is 73.2 Å². The van der Waals surface area contributed by atoms with Crippen molar-refractivity contribution in [3.63, 3.8) is 0 Å². The van der Waals surface area contributed by atoms with Crippen LogP contribution in [0.4, 0.5) is 0 Å². The Morgan fingerprint density at radius 3 is 2.48 bits per heavy atom. The lowest BCUT2D eigenvalue weighted by Crippen LogP contribution is -2.44. The second-order valence-corrected chi connectivity index (χ2v) is 17.4. The van der Waals surface area contributed by atoms with Gasteiger partial charge in [-0.3, -0.25) is 0 Å². The van der Waals surface area contributed by atoms with Gasteiger partial charge in [0.05, 0.1) is 5.56 Å². The van der Waals surface area contributed by atoms with E-state index in [-0.39, 0.29) is 30.4 Å². The molecule has 3 atom stereocenters. The first-order valence-electron chi connectivity index (χ1n) is 15.2. The van der Waals surface area contributed by atoms with Crippen molar-refractivity contribution in [2.45, 2.75) is 83.7 Å². The minimum absolute atomic E-state index is 0.0613. The lowest BCUT2D eigenvalue weighted by molar-refractivity contribution is -0.136. The molecule has 2 aromatic rings. The molecule has 1 aliphatic heterocycles. The zero-order valence-corrected chi connectivity index (χ0v) is 27.8. The number of benzene rings is 2. The predicted molar refractivity (Wildman–Crippen MR) is 175 cm³/mol. The SMILES string of the molecule is C=CCOC(=O)/C=C/C[C@H]1C[C@@H](OC(=O)c2ccccc2)[C@@H](C)C/C=C/Cc2cccc(O[Si](C)(C)C(C)(C)C)c2C(=O)O1. The highest BCUT2D eigenvalue weighted by molar-refractivity contribution is 6.74. The van der Waals surface area contributed by atoms with Crippen molar-refractivity contribution in [1.82, 2.24) is 0 Å². The summed E-state index contributed by atoms with van der Waals surface area (Å²) in [6.45, 7) is 16.4. The van der Waals surface area contributed by atoms with Crippen molar-refractivity contribution >= 4 is 26.2 Å². The van der Waals surface area contributed by atoms with Crippen LogP contribution in [0, 0.1) is 5.92 Å². The van der Waals surface area contributed by atoms with Crippen LogP contribution in [0.5, 0.6) is 5.75 Å². The van der Waals surface area contributed by atoms with E-state index in [9.17, 15) is 14.4 Å². The molecule has 0 radical (unpaired) electrons. The highest BCUT2D eigenvalue weighted by atomic mass is 28.4. The molecule has 0 unspecified atom stereocenters. The zero-order valence-electron chi connectivity index (χ0n) is 26.8. The van der Waals surface area contributed by atoms with Crippen molar-refractivity contribution in [3.8, 4) is 5.75 Å². The molecule has 2 aromatic carbocycles. The van der Waals surface area contributed by atoms with E-state index >= 15 is 0 Å². The Labute approximate surface area is 263 Å². The molecule has 0 bridgehead atoms. The van der Waals surface area contributed by atoms with Gasteiger partial charge in [0.2, 0.25) is 0 Å². The average molecular weight is 619 g/mol. The number of carbonyl (C=O) groups is 3. The van der Waals surface area contributed by atoms with Crippen LogP contribution >= 0.6 is 0 Å². The smallest absolute Gasteiger partial charge is 0.342 e. The summed E-state index contributed by atoms with van der Waals surface area (Å²) < 4.78 is 23.9. The van der Waals surface area contributed by atoms with E-state index < -0.39 is 38.4 Å². The molecule has 0 spiro atoms. The highest BCUT2D eigenvalue weighted by Crippen LogP contribution is 2.39. The molecule has 8 heteroatoms. The fourth-order valence-electron chi connectivity index (χ4n) is 4.51. The maximum absolute atomic E-state index is 14.0. The van der Waals surface area contributed by atoms with Gasteiger partial charge in [0.1, 0.15) is 30.1 Å². The molecule has 7 nitrogen and oxygen atoms in total. The lowest BCUT2D eigenvalue weighted by atomic mass is 9.93. The molecule has 0 aromatic heterocycles. The number of carbonyl (C=O) groups excluding carboxylic acids is 3. The quantitative estimate of drug-likeness (QED) is 0.0924. The normalized spacial score (nSPS) is 20.3. The van der Waals surface area contributed by atoms with Crippen LogP contribution in [-0.4, -0.2) is 45.0 Å². The Hall–Kier alpha value is -3.91. The summed E-state index contributed by atoms with van der Waals surface area (Å²) in [5, 5.41) is -0.0789. The third-order valence-electron chi connectivity index (χ3n) is 8.17. The largest absolute Gasteiger partial charge is 0.543 e. The fourth-order valence-corrected chi connectivity index (χ4v) is 5.53. The molecule has 1 aliphatic rings. The molecular weight excluding hydrogens is 572 g/mol. The molecule has 1 heterocycles. The van der Waals surface area contributed by atoms with Gasteiger partial charge in [-0.05, 0) is 60.7 Å². The van der Waals surface area contributed by atoms with E-state index in [1.54, 1.807) is 30.3 Å². The summed E-state index contributed by atoms with van der Waals surface area (Å²) >= 11 is 0. The van der Waals surface area contributed by atoms with Crippen molar-refractivity contribution < 1.29 is 33.0 Å². The fraction of sp³-hybridized carbons (Fsp3) is 0.417. The second kappa shape index (κ2) is 15.7. The van der Waals surface area contributed by atoms with E-state index in [0.29, 0.717) is 29.7 Å². The lowest BCUT2D eigenvalue weighted by Gasteiger charge is -2.37. The Kier molecular flexibility index (Phi) is 12.3. The maximum atomic E-state index is 14.0. The van der Waals surface area contributed by atoms with E-state index in [2.05, 4.69) is 46.5 Å². The van der Waals surface area contributed by atoms with Gasteiger partial charge in [-0.1, -0.05) is 88.9 Å². The average Bonchev–Trinajstić information content (AvgIpc) is 2.96. The number of hydrogen-bond donors (Lipinski definition) is 0. The van der Waals surface area contributed by atoms with E-state index in [4.69, 9.17) is 18.6 Å². The minimum atomic E-state index is -2.29. The van der Waals surface area contributed by atoms with E-state index in [1.807, 2.05) is 37.3 Å². The number of esters is 3. The number of ether oxygens (including phenoxy) is 3. The summed E-state index contributed by atoms with van der Waals surface area (Å²) in [7, 11) is -2.29. The first-order chi connectivity index (χ1) is 20.8. The van der Waals surface area contributed by atoms with Gasteiger partial charge >= 0.3 is 17.9 Å². The van der Waals surface area contributed by atoms with Gasteiger partial charge in [0, 0.05) is 18.9 Å². The summed E-state index contributed by atoms with van der Waals surface area (Å²) in [6.07, 6.45) is 8.91. The monoisotopic (exact) mass is 618 g/mol. The predicted octanol–water partition coefficient (Wildman–Crippen LogP) is 8.03. The Morgan fingerprint density at radius 1 is 1.07 bits per heavy atom. The Bertz CT molecular complexity index is 1350. The van der Waals surface area contributed by atoms with Crippen LogP contribution < -0.4 is 4.43 Å². The topological polar surface area (TPSA) is 88.1 Å². The number of allylic oxidation sites excluding steroid dienone is 2. The molecule has 0 saturated carbocycles. The van der Waals surface area contributed by atoms with E-state index in [1.165, 1.54) is 12.2 Å². The van der Waals surface area contributed by atoms with Crippen molar-refractivity contribution in [3.05, 3.63) is 102 Å². The minimum Gasteiger partial charge on any atom is -0.543 e. The third-order valence-corrected chi connectivity index (χ3v) is 12.5. The van der Waals surface area contributed by atoms with Crippen LogP contribution in [0.25, 0.3) is 0 Å². The number of cyclic esters (lactones) is 1. The standard InChI is InChI=1S/C36H46O7Si/c1-8-24-40-32(37)23-15-21-29-25-31(42-34(38)28-18-10-9-11-19-28)26(2)16-12-13-17-27-20-14-22-30(33(27)35(39)41-29)43-44(6,7)36(3,4)5/h8-15,18-20,22-23,26,29,31H,1,16-17,21,24-25H2,2-7H3/b13-12+,23-15+/t26-,29-,31+/m0/s1. The Morgan fingerprint density at radius 2 is 1.80 bits per heavy atom. The van der Waals surface area contributed by atoms with Crippen LogP contribution in [0.2, 0.25) is 18.1 Å². The molecule has 0 N–H and O–H groups in total. The first kappa shape index (κ1) is 34.6. The summed E-state index contributed by atoms with van der Waals surface area (Å²) in [5.41, 5.74) is 1.65. The van der Waals surface area contributed by atoms with Gasteiger partial charge in [-0.2, -0.15) is 0 Å². The van der Waals surface area contributed by atoms with Crippen LogP contribution in [0.3, 0.4) is 0 Å². The Balaban J connectivity index is 1.99. The van der Waals surface area contributed by atoms with Crippen molar-refractivity contribution in [1.29, 1.82) is 0 Å². The molecule has 44 heavy (non-hydrogen) atoms. The van der Waals surface area contributed by atoms with Gasteiger partial charge in [0.15, 0.2) is 0 Å². The number of hydrogen-bond acceptors (Lipinski definition) is 7. The number of fused-ring (bicyclic) bond motifs is 1. The van der Waals surface area contributed by atoms with Crippen LogP contribution in [0.15, 0.2) is 85.5 Å². The number of rotatable bonds is 9. The highest BCUT2D eigenvalue weighted by Gasteiger charge is 2.40. The molecule has 0 aliphatic carbocycles. The molecule has 0 fully saturated rings. The second-order valence-electron chi connectivity index (χ2n) is 12.7. The molecule has 0 amide bonds. The molecule has 236 valence electrons. The molecule has 3 rings (SSSR count). The van der Waals surface area contributed by atoms with Gasteiger partial charge in [0.25, 0.3) is 8.32 Å². The van der Waals surface area contributed by atoms with Gasteiger partial charge in [-0.15, -0.1) is 0 Å². The summed E-state index contributed by atoms with van der Waals surface area (Å²) in [6, 6.07) is 14.5. The van der Waals surface area contributed by atoms with E-state index in [0.717, 1.165) is 5.56 Å². The summed E-state index contributed by atoms with van der Waals surface area (Å²) in [5.74, 6) is -1.04. The maximum Gasteiger partial charge on any atom is 0.342 e. The molecule has 0 saturated heterocycles.